The van der Waals surface area contributed by atoms with Gasteiger partial charge in [-0.3, -0.25) is 4.79 Å². The molecule has 1 N–H and O–H groups in total. The number of benzene rings is 2. The van der Waals surface area contributed by atoms with Crippen LogP contribution in [0.4, 0.5) is 5.69 Å². The third kappa shape index (κ3) is 3.47. The van der Waals surface area contributed by atoms with E-state index in [0.717, 1.165) is 16.8 Å². The first-order valence-corrected chi connectivity index (χ1v) is 6.25. The van der Waals surface area contributed by atoms with Crippen LogP contribution in [0.3, 0.4) is 0 Å². The zero-order valence-corrected chi connectivity index (χ0v) is 11.2. The number of carbonyl (C=O) groups is 1. The molecular weight excluding hydrogens is 250 g/mol. The number of hydrogen-bond acceptors (Lipinski definition) is 2. The van der Waals surface area contributed by atoms with Gasteiger partial charge >= 0.3 is 5.91 Å². The molecular formula is C17H15NO2. The van der Waals surface area contributed by atoms with Gasteiger partial charge in [-0.15, -0.1) is 0 Å². The van der Waals surface area contributed by atoms with Gasteiger partial charge in [0.05, 0.1) is 6.61 Å². The second-order valence-electron chi connectivity index (χ2n) is 4.30. The Hall–Kier alpha value is -2.57. The molecule has 0 atom stereocenters. The molecule has 0 aliphatic carbocycles. The van der Waals surface area contributed by atoms with E-state index in [2.05, 4.69) is 11.8 Å². The Morgan fingerprint density at radius 3 is 2.35 bits per heavy atom. The Balaban J connectivity index is 2.10. The first-order valence-electron chi connectivity index (χ1n) is 6.25. The van der Waals surface area contributed by atoms with Gasteiger partial charge in [0.2, 0.25) is 0 Å². The predicted molar refractivity (Wildman–Crippen MR) is 79.1 cm³/mol. The van der Waals surface area contributed by atoms with Crippen molar-refractivity contribution in [3.63, 3.8) is 0 Å². The number of nitrogens with zero attached hydrogens (tertiary/aromatic N) is 1. The summed E-state index contributed by atoms with van der Waals surface area (Å²) in [6, 6.07) is 16.5. The zero-order valence-electron chi connectivity index (χ0n) is 11.2. The number of rotatable bonds is 2. The molecule has 0 heterocycles. The highest BCUT2D eigenvalue weighted by molar-refractivity contribution is 6.05. The summed E-state index contributed by atoms with van der Waals surface area (Å²) in [5, 5.41) is 8.98. The molecule has 0 saturated heterocycles. The number of amides is 1. The van der Waals surface area contributed by atoms with Crippen molar-refractivity contribution in [1.82, 2.24) is 0 Å². The highest BCUT2D eigenvalue weighted by Gasteiger charge is 2.07. The minimum Gasteiger partial charge on any atom is -0.392 e. The van der Waals surface area contributed by atoms with Crippen LogP contribution in [0.1, 0.15) is 11.1 Å². The van der Waals surface area contributed by atoms with E-state index in [1.54, 1.807) is 31.3 Å². The van der Waals surface area contributed by atoms with Gasteiger partial charge in [-0.2, -0.15) is 0 Å². The number of aliphatic hydroxyl groups is 1. The molecule has 2 rings (SSSR count). The van der Waals surface area contributed by atoms with Crippen molar-refractivity contribution in [2.45, 2.75) is 6.61 Å². The molecule has 100 valence electrons. The standard InChI is InChI=1S/C17H15NO2/c1-18(16-10-7-15(13-19)8-11-16)17(20)12-9-14-5-3-2-4-6-14/h2-8,10-11,19H,13H2,1H3. The van der Waals surface area contributed by atoms with E-state index in [1.165, 1.54) is 4.90 Å². The highest BCUT2D eigenvalue weighted by Crippen LogP contribution is 2.13. The molecule has 20 heavy (non-hydrogen) atoms. The largest absolute Gasteiger partial charge is 0.392 e. The average molecular weight is 265 g/mol. The minimum absolute atomic E-state index is 0.00818. The fourth-order valence-corrected chi connectivity index (χ4v) is 1.67. The summed E-state index contributed by atoms with van der Waals surface area (Å²) in [4.78, 5) is 13.5. The van der Waals surface area contributed by atoms with Crippen LogP contribution in [0, 0.1) is 11.8 Å². The molecule has 3 nitrogen and oxygen atoms in total. The number of aliphatic hydroxyl groups excluding tert-OH is 1. The maximum atomic E-state index is 12.0. The van der Waals surface area contributed by atoms with Crippen LogP contribution in [0.5, 0.6) is 0 Å². The van der Waals surface area contributed by atoms with E-state index in [-0.39, 0.29) is 12.5 Å². The summed E-state index contributed by atoms with van der Waals surface area (Å²) < 4.78 is 0. The van der Waals surface area contributed by atoms with Gasteiger partial charge in [0.15, 0.2) is 0 Å². The molecule has 0 saturated carbocycles. The topological polar surface area (TPSA) is 40.5 Å². The smallest absolute Gasteiger partial charge is 0.302 e. The summed E-state index contributed by atoms with van der Waals surface area (Å²) in [7, 11) is 1.68. The molecule has 3 heteroatoms. The number of hydrogen-bond donors (Lipinski definition) is 1. The molecule has 0 spiro atoms. The normalized spacial score (nSPS) is 9.50. The van der Waals surface area contributed by atoms with Crippen molar-refractivity contribution < 1.29 is 9.90 Å². The third-order valence-electron chi connectivity index (χ3n) is 2.90. The first-order chi connectivity index (χ1) is 9.70. The second-order valence-corrected chi connectivity index (χ2v) is 4.30. The van der Waals surface area contributed by atoms with Gasteiger partial charge < -0.3 is 10.0 Å². The Morgan fingerprint density at radius 1 is 1.10 bits per heavy atom. The molecule has 0 aromatic heterocycles. The number of carbonyl (C=O) groups excluding carboxylic acids is 1. The fourth-order valence-electron chi connectivity index (χ4n) is 1.67. The lowest BCUT2D eigenvalue weighted by atomic mass is 10.2. The summed E-state index contributed by atoms with van der Waals surface area (Å²) in [5.41, 5.74) is 2.37. The lowest BCUT2D eigenvalue weighted by Gasteiger charge is -2.14. The molecule has 0 unspecified atom stereocenters. The summed E-state index contributed by atoms with van der Waals surface area (Å²) in [6.45, 7) is -0.00818. The zero-order chi connectivity index (χ0) is 14.4. The van der Waals surface area contributed by atoms with Crippen molar-refractivity contribution in [1.29, 1.82) is 0 Å². The van der Waals surface area contributed by atoms with Crippen LogP contribution >= 0.6 is 0 Å². The Bertz CT molecular complexity index is 636. The van der Waals surface area contributed by atoms with Crippen LogP contribution in [0.2, 0.25) is 0 Å². The van der Waals surface area contributed by atoms with E-state index in [4.69, 9.17) is 5.11 Å². The first kappa shape index (κ1) is 13.9. The lowest BCUT2D eigenvalue weighted by molar-refractivity contribution is -0.113. The Labute approximate surface area is 118 Å². The van der Waals surface area contributed by atoms with E-state index >= 15 is 0 Å². The highest BCUT2D eigenvalue weighted by atomic mass is 16.3. The summed E-state index contributed by atoms with van der Waals surface area (Å²) >= 11 is 0. The van der Waals surface area contributed by atoms with E-state index in [9.17, 15) is 4.79 Å². The fraction of sp³-hybridized carbons (Fsp3) is 0.118. The Kier molecular flexibility index (Phi) is 4.54. The summed E-state index contributed by atoms with van der Waals surface area (Å²) in [6.07, 6.45) is 0. The SMILES string of the molecule is CN(C(=O)C#Cc1ccccc1)c1ccc(CO)cc1. The summed E-state index contributed by atoms with van der Waals surface area (Å²) in [5.74, 6) is 5.18. The molecule has 0 aliphatic rings. The minimum atomic E-state index is -0.273. The molecule has 0 bridgehead atoms. The van der Waals surface area contributed by atoms with E-state index in [1.807, 2.05) is 30.3 Å². The monoisotopic (exact) mass is 265 g/mol. The van der Waals surface area contributed by atoms with Gasteiger partial charge in [0.25, 0.3) is 0 Å². The van der Waals surface area contributed by atoms with Crippen LogP contribution in [0.15, 0.2) is 54.6 Å². The van der Waals surface area contributed by atoms with Crippen LogP contribution in [-0.4, -0.2) is 18.1 Å². The van der Waals surface area contributed by atoms with Crippen LogP contribution in [0.25, 0.3) is 0 Å². The van der Waals surface area contributed by atoms with Crippen molar-refractivity contribution in [3.8, 4) is 11.8 Å². The van der Waals surface area contributed by atoms with Gasteiger partial charge in [-0.25, -0.2) is 0 Å². The van der Waals surface area contributed by atoms with Crippen molar-refractivity contribution in [3.05, 3.63) is 65.7 Å². The molecule has 1 amide bonds. The van der Waals surface area contributed by atoms with E-state index < -0.39 is 0 Å². The van der Waals surface area contributed by atoms with Gasteiger partial charge in [-0.05, 0) is 29.8 Å². The van der Waals surface area contributed by atoms with Crippen LogP contribution < -0.4 is 4.90 Å². The van der Waals surface area contributed by atoms with Gasteiger partial charge in [0, 0.05) is 24.2 Å². The quantitative estimate of drug-likeness (QED) is 0.846. The van der Waals surface area contributed by atoms with Crippen molar-refractivity contribution >= 4 is 11.6 Å². The Morgan fingerprint density at radius 2 is 1.75 bits per heavy atom. The number of anilines is 1. The maximum Gasteiger partial charge on any atom is 0.302 e. The molecule has 2 aromatic rings. The molecule has 0 aliphatic heterocycles. The second kappa shape index (κ2) is 6.55. The van der Waals surface area contributed by atoms with Crippen molar-refractivity contribution in [2.75, 3.05) is 11.9 Å². The predicted octanol–water partition coefficient (Wildman–Crippen LogP) is 2.19. The van der Waals surface area contributed by atoms with Gasteiger partial charge in [-0.1, -0.05) is 36.3 Å². The van der Waals surface area contributed by atoms with Gasteiger partial charge in [0.1, 0.15) is 0 Å². The van der Waals surface area contributed by atoms with Crippen molar-refractivity contribution in [2.24, 2.45) is 0 Å². The molecule has 0 radical (unpaired) electrons. The van der Waals surface area contributed by atoms with Crippen LogP contribution in [-0.2, 0) is 11.4 Å². The average Bonchev–Trinajstić information content (AvgIpc) is 2.53. The maximum absolute atomic E-state index is 12.0. The lowest BCUT2D eigenvalue weighted by Crippen LogP contribution is -2.24. The third-order valence-corrected chi connectivity index (χ3v) is 2.90. The molecule has 2 aromatic carbocycles. The molecule has 0 fully saturated rings. The van der Waals surface area contributed by atoms with E-state index in [0.29, 0.717) is 0 Å².